The summed E-state index contributed by atoms with van der Waals surface area (Å²) in [5.74, 6) is -1.57. The molecule has 0 spiro atoms. The molecule has 3 rings (SSSR count). The summed E-state index contributed by atoms with van der Waals surface area (Å²) < 4.78 is 65.2. The van der Waals surface area contributed by atoms with Gasteiger partial charge in [0.1, 0.15) is 0 Å². The van der Waals surface area contributed by atoms with E-state index in [0.29, 0.717) is 12.2 Å². The van der Waals surface area contributed by atoms with Crippen molar-refractivity contribution in [3.63, 3.8) is 0 Å². The highest BCUT2D eigenvalue weighted by Crippen LogP contribution is 2.33. The van der Waals surface area contributed by atoms with Gasteiger partial charge in [0.25, 0.3) is 0 Å². The van der Waals surface area contributed by atoms with Gasteiger partial charge in [-0.15, -0.1) is 0 Å². The maximum Gasteiger partial charge on any atom is 0.394 e. The van der Waals surface area contributed by atoms with Crippen LogP contribution in [0.4, 0.5) is 24.5 Å². The Balaban J connectivity index is 1.52. The average Bonchev–Trinajstić information content (AvgIpc) is 3.14. The minimum absolute atomic E-state index is 0.153. The molecule has 1 aromatic carbocycles. The number of halogens is 3. The van der Waals surface area contributed by atoms with Crippen molar-refractivity contribution >= 4 is 21.4 Å². The lowest BCUT2D eigenvalue weighted by molar-refractivity contribution is -0.167. The number of nitrogens with one attached hydrogen (secondary N) is 3. The fourth-order valence-electron chi connectivity index (χ4n) is 3.18. The minimum atomic E-state index is -4.23. The molecule has 146 valence electrons. The number of rotatable bonds is 6. The van der Waals surface area contributed by atoms with Crippen LogP contribution in [0.2, 0.25) is 0 Å². The van der Waals surface area contributed by atoms with Crippen molar-refractivity contribution in [2.45, 2.75) is 19.1 Å². The van der Waals surface area contributed by atoms with Gasteiger partial charge in [0.05, 0.1) is 23.0 Å². The van der Waals surface area contributed by atoms with Crippen molar-refractivity contribution in [1.82, 2.24) is 15.9 Å². The van der Waals surface area contributed by atoms with Crippen molar-refractivity contribution < 1.29 is 21.6 Å². The lowest BCUT2D eigenvalue weighted by Gasteiger charge is -2.19. The zero-order valence-electron chi connectivity index (χ0n) is 14.3. The van der Waals surface area contributed by atoms with E-state index in [2.05, 4.69) is 15.6 Å². The second kappa shape index (κ2) is 7.22. The summed E-state index contributed by atoms with van der Waals surface area (Å²) in [5.41, 5.74) is 8.04. The molecule has 2 aliphatic heterocycles. The van der Waals surface area contributed by atoms with E-state index in [1.54, 1.807) is 24.2 Å². The van der Waals surface area contributed by atoms with E-state index in [1.807, 2.05) is 6.07 Å². The van der Waals surface area contributed by atoms with E-state index in [-0.39, 0.29) is 31.8 Å². The van der Waals surface area contributed by atoms with Crippen molar-refractivity contribution in [3.8, 4) is 0 Å². The van der Waals surface area contributed by atoms with Gasteiger partial charge in [-0.2, -0.15) is 13.2 Å². The Morgan fingerprint density at radius 3 is 2.77 bits per heavy atom. The summed E-state index contributed by atoms with van der Waals surface area (Å²) in [6.45, 7) is 0.549. The molecule has 0 amide bonds. The minimum Gasteiger partial charge on any atom is -0.309 e. The van der Waals surface area contributed by atoms with Gasteiger partial charge in [-0.3, -0.25) is 10.1 Å². The van der Waals surface area contributed by atoms with E-state index < -0.39 is 22.1 Å². The van der Waals surface area contributed by atoms with E-state index in [9.17, 15) is 21.6 Å². The molecule has 0 bridgehead atoms. The Morgan fingerprint density at radius 1 is 1.31 bits per heavy atom. The first-order valence-corrected chi connectivity index (χ1v) is 9.96. The molecule has 2 heterocycles. The summed E-state index contributed by atoms with van der Waals surface area (Å²) in [5, 5.41) is 3.20. The molecule has 3 N–H and O–H groups in total. The topological polar surface area (TPSA) is 76.7 Å². The molecular weight excluding hydrogens is 371 g/mol. The number of alkyl halides is 3. The SMILES string of the molecule is CN1NCc2cccc(NS(=O)(=O)CCCN3CC(C(F)(F)F)CN3)c21. The summed E-state index contributed by atoms with van der Waals surface area (Å²) in [6, 6.07) is 5.39. The van der Waals surface area contributed by atoms with Gasteiger partial charge in [-0.25, -0.2) is 18.9 Å². The molecule has 1 aromatic rings. The van der Waals surface area contributed by atoms with E-state index in [0.717, 1.165) is 11.3 Å². The molecule has 1 saturated heterocycles. The summed E-state index contributed by atoms with van der Waals surface area (Å²) in [4.78, 5) is 0. The molecule has 0 aliphatic carbocycles. The number of para-hydroxylation sites is 1. The van der Waals surface area contributed by atoms with Crippen LogP contribution < -0.4 is 20.6 Å². The van der Waals surface area contributed by atoms with Crippen LogP contribution in [0.5, 0.6) is 0 Å². The van der Waals surface area contributed by atoms with Crippen LogP contribution in [0.3, 0.4) is 0 Å². The number of hydrazine groups is 2. The number of fused-ring (bicyclic) bond motifs is 1. The van der Waals surface area contributed by atoms with Crippen LogP contribution in [0.25, 0.3) is 0 Å². The van der Waals surface area contributed by atoms with E-state index in [4.69, 9.17) is 0 Å². The summed E-state index contributed by atoms with van der Waals surface area (Å²) in [6.07, 6.45) is -4.00. The first-order valence-electron chi connectivity index (χ1n) is 8.30. The number of sulfonamides is 1. The molecule has 1 unspecified atom stereocenters. The van der Waals surface area contributed by atoms with Gasteiger partial charge < -0.3 is 5.01 Å². The second-order valence-corrected chi connectivity index (χ2v) is 8.37. The normalized spacial score (nSPS) is 21.2. The Bertz CT molecular complexity index is 756. The van der Waals surface area contributed by atoms with Crippen LogP contribution in [-0.2, 0) is 16.6 Å². The molecule has 0 aromatic heterocycles. The van der Waals surface area contributed by atoms with E-state index in [1.165, 1.54) is 5.01 Å². The number of hydrogen-bond acceptors (Lipinski definition) is 6. The lowest BCUT2D eigenvalue weighted by atomic mass is 10.1. The maximum atomic E-state index is 12.6. The lowest BCUT2D eigenvalue weighted by Crippen LogP contribution is -2.33. The largest absolute Gasteiger partial charge is 0.394 e. The first-order chi connectivity index (χ1) is 12.2. The number of anilines is 2. The highest BCUT2D eigenvalue weighted by atomic mass is 32.2. The van der Waals surface area contributed by atoms with E-state index >= 15 is 0 Å². The Labute approximate surface area is 150 Å². The monoisotopic (exact) mass is 393 g/mol. The molecule has 2 aliphatic rings. The number of nitrogens with zero attached hydrogens (tertiary/aromatic N) is 2. The first kappa shape index (κ1) is 19.2. The van der Waals surface area contributed by atoms with Crippen LogP contribution in [0.15, 0.2) is 18.2 Å². The third kappa shape index (κ3) is 4.40. The summed E-state index contributed by atoms with van der Waals surface area (Å²) in [7, 11) is -1.79. The van der Waals surface area contributed by atoms with Crippen LogP contribution in [0.1, 0.15) is 12.0 Å². The van der Waals surface area contributed by atoms with Gasteiger partial charge in [-0.05, 0) is 18.1 Å². The van der Waals surface area contributed by atoms with Gasteiger partial charge >= 0.3 is 6.18 Å². The molecule has 0 saturated carbocycles. The van der Waals surface area contributed by atoms with Crippen molar-refractivity contribution in [2.24, 2.45) is 5.92 Å². The van der Waals surface area contributed by atoms with Gasteiger partial charge in [0.2, 0.25) is 10.0 Å². The maximum absolute atomic E-state index is 12.6. The third-order valence-corrected chi connectivity index (χ3v) is 5.89. The second-order valence-electron chi connectivity index (χ2n) is 6.53. The smallest absolute Gasteiger partial charge is 0.309 e. The van der Waals surface area contributed by atoms with Gasteiger partial charge in [0.15, 0.2) is 0 Å². The van der Waals surface area contributed by atoms with Gasteiger partial charge in [0, 0.05) is 33.2 Å². The van der Waals surface area contributed by atoms with Crippen molar-refractivity contribution in [2.75, 3.05) is 42.2 Å². The Morgan fingerprint density at radius 2 is 2.08 bits per heavy atom. The highest BCUT2D eigenvalue weighted by molar-refractivity contribution is 7.92. The van der Waals surface area contributed by atoms with Crippen molar-refractivity contribution in [1.29, 1.82) is 0 Å². The average molecular weight is 393 g/mol. The fourth-order valence-corrected chi connectivity index (χ4v) is 4.29. The summed E-state index contributed by atoms with van der Waals surface area (Å²) >= 11 is 0. The molecule has 0 radical (unpaired) electrons. The number of hydrogen-bond donors (Lipinski definition) is 3. The Hall–Kier alpha value is -1.56. The van der Waals surface area contributed by atoms with Crippen LogP contribution in [-0.4, -0.2) is 52.0 Å². The fraction of sp³-hybridized carbons (Fsp3) is 0.600. The molecule has 26 heavy (non-hydrogen) atoms. The Kier molecular flexibility index (Phi) is 5.33. The predicted octanol–water partition coefficient (Wildman–Crippen LogP) is 1.27. The quantitative estimate of drug-likeness (QED) is 0.676. The zero-order valence-corrected chi connectivity index (χ0v) is 15.1. The van der Waals surface area contributed by atoms with Crippen molar-refractivity contribution in [3.05, 3.63) is 23.8 Å². The highest BCUT2D eigenvalue weighted by Gasteiger charge is 2.43. The number of benzene rings is 1. The van der Waals surface area contributed by atoms with Crippen LogP contribution in [0, 0.1) is 5.92 Å². The van der Waals surface area contributed by atoms with Crippen LogP contribution >= 0.6 is 0 Å². The molecule has 11 heteroatoms. The molecule has 1 fully saturated rings. The zero-order chi connectivity index (χ0) is 18.9. The molecule has 1 atom stereocenters. The molecular formula is C15H22F3N5O2S. The van der Waals surface area contributed by atoms with Gasteiger partial charge in [-0.1, -0.05) is 12.1 Å². The molecule has 7 nitrogen and oxygen atoms in total. The predicted molar refractivity (Wildman–Crippen MR) is 92.8 cm³/mol. The standard InChI is InChI=1S/C15H22F3N5O2S/c1-22-14-11(8-19-22)4-2-5-13(14)21-26(24,25)7-3-6-23-10-12(9-20-23)15(16,17)18/h2,4-5,12,19-21H,3,6-10H2,1H3. The third-order valence-electron chi connectivity index (χ3n) is 4.53.